The quantitative estimate of drug-likeness (QED) is 0.731. The number of halogens is 1. The van der Waals surface area contributed by atoms with E-state index in [1.54, 1.807) is 6.07 Å². The third-order valence-corrected chi connectivity index (χ3v) is 5.22. The topological polar surface area (TPSA) is 21.1 Å². The number of benzene rings is 1. The molecule has 124 valence electrons. The minimum atomic E-state index is -0.127. The van der Waals surface area contributed by atoms with Gasteiger partial charge in [0.25, 0.3) is 0 Å². The first kappa shape index (κ1) is 15.3. The molecule has 2 aromatic heterocycles. The number of rotatable bonds is 3. The first-order valence-corrected chi connectivity index (χ1v) is 8.53. The third kappa shape index (κ3) is 2.51. The summed E-state index contributed by atoms with van der Waals surface area (Å²) in [5, 5.41) is 1.06. The van der Waals surface area contributed by atoms with Crippen molar-refractivity contribution in [3.63, 3.8) is 0 Å². The highest BCUT2D eigenvalue weighted by atomic mass is 19.1. The second-order valence-electron chi connectivity index (χ2n) is 6.75. The van der Waals surface area contributed by atoms with E-state index in [1.165, 1.54) is 11.3 Å². The lowest BCUT2D eigenvalue weighted by atomic mass is 10.00. The standard InChI is InChI=1S/C20H22FN3/c1-14-12-19-17(13-23(14)2)16-7-5-8-18(21)20(16)24(19)11-9-15-6-3-4-10-22-15/h3-8,10,14H,9,11-13H2,1-2H3. The maximum Gasteiger partial charge on any atom is 0.147 e. The first-order chi connectivity index (χ1) is 11.6. The number of pyridine rings is 1. The van der Waals surface area contributed by atoms with Crippen LogP contribution in [0.2, 0.25) is 0 Å². The Balaban J connectivity index is 1.80. The van der Waals surface area contributed by atoms with Gasteiger partial charge in [-0.25, -0.2) is 4.39 Å². The van der Waals surface area contributed by atoms with Gasteiger partial charge in [0, 0.05) is 54.9 Å². The fraction of sp³-hybridized carbons (Fsp3) is 0.350. The highest BCUT2D eigenvalue weighted by molar-refractivity contribution is 5.86. The summed E-state index contributed by atoms with van der Waals surface area (Å²) in [5.41, 5.74) is 4.37. The molecule has 0 N–H and O–H groups in total. The summed E-state index contributed by atoms with van der Waals surface area (Å²) >= 11 is 0. The molecule has 1 atom stereocenters. The molecule has 4 heteroatoms. The van der Waals surface area contributed by atoms with Gasteiger partial charge in [-0.05, 0) is 37.7 Å². The zero-order valence-electron chi connectivity index (χ0n) is 14.2. The van der Waals surface area contributed by atoms with Crippen molar-refractivity contribution in [2.24, 2.45) is 0 Å². The van der Waals surface area contributed by atoms with Gasteiger partial charge in [0.15, 0.2) is 0 Å². The largest absolute Gasteiger partial charge is 0.341 e. The fourth-order valence-corrected chi connectivity index (χ4v) is 3.76. The number of nitrogens with zero attached hydrogens (tertiary/aromatic N) is 3. The number of likely N-dealkylation sites (N-methyl/N-ethyl adjacent to an activating group) is 1. The molecule has 0 saturated carbocycles. The van der Waals surface area contributed by atoms with Crippen molar-refractivity contribution in [1.82, 2.24) is 14.5 Å². The zero-order valence-corrected chi connectivity index (χ0v) is 14.2. The average Bonchev–Trinajstić information content (AvgIpc) is 2.89. The molecule has 1 unspecified atom stereocenters. The third-order valence-electron chi connectivity index (χ3n) is 5.22. The summed E-state index contributed by atoms with van der Waals surface area (Å²) in [5.74, 6) is -0.127. The molecule has 0 aliphatic carbocycles. The highest BCUT2D eigenvalue weighted by Crippen LogP contribution is 2.33. The SMILES string of the molecule is CC1Cc2c(c3cccc(F)c3n2CCc2ccccn2)CN1C. The Morgan fingerprint density at radius 2 is 2.08 bits per heavy atom. The van der Waals surface area contributed by atoms with Crippen LogP contribution in [0.1, 0.15) is 23.9 Å². The van der Waals surface area contributed by atoms with Crippen molar-refractivity contribution in [3.05, 3.63) is 65.4 Å². The molecule has 1 aromatic carbocycles. The maximum atomic E-state index is 14.6. The molecule has 0 fully saturated rings. The van der Waals surface area contributed by atoms with Gasteiger partial charge in [-0.1, -0.05) is 18.2 Å². The van der Waals surface area contributed by atoms with Gasteiger partial charge < -0.3 is 4.57 Å². The Morgan fingerprint density at radius 3 is 2.88 bits per heavy atom. The number of aryl methyl sites for hydroxylation is 2. The predicted octanol–water partition coefficient (Wildman–Crippen LogP) is 3.79. The second kappa shape index (κ2) is 6.02. The molecule has 0 spiro atoms. The van der Waals surface area contributed by atoms with Crippen molar-refractivity contribution in [3.8, 4) is 0 Å². The molecular formula is C20H22FN3. The lowest BCUT2D eigenvalue weighted by Gasteiger charge is -2.31. The lowest BCUT2D eigenvalue weighted by Crippen LogP contribution is -2.35. The van der Waals surface area contributed by atoms with Crippen molar-refractivity contribution >= 4 is 10.9 Å². The van der Waals surface area contributed by atoms with E-state index in [4.69, 9.17) is 0 Å². The number of hydrogen-bond acceptors (Lipinski definition) is 2. The summed E-state index contributed by atoms with van der Waals surface area (Å²) in [6.45, 7) is 3.88. The Bertz CT molecular complexity index is 869. The lowest BCUT2D eigenvalue weighted by molar-refractivity contribution is 0.228. The Morgan fingerprint density at radius 1 is 1.21 bits per heavy atom. The summed E-state index contributed by atoms with van der Waals surface area (Å²) in [6, 6.07) is 11.9. The number of fused-ring (bicyclic) bond motifs is 3. The van der Waals surface area contributed by atoms with Crippen LogP contribution in [-0.2, 0) is 25.9 Å². The molecule has 0 saturated heterocycles. The van der Waals surface area contributed by atoms with Gasteiger partial charge in [-0.2, -0.15) is 0 Å². The van der Waals surface area contributed by atoms with E-state index < -0.39 is 0 Å². The summed E-state index contributed by atoms with van der Waals surface area (Å²) < 4.78 is 16.8. The van der Waals surface area contributed by atoms with Crippen molar-refractivity contribution in [2.75, 3.05) is 7.05 Å². The molecule has 0 amide bonds. The van der Waals surface area contributed by atoms with Crippen molar-refractivity contribution in [2.45, 2.75) is 38.9 Å². The highest BCUT2D eigenvalue weighted by Gasteiger charge is 2.27. The van der Waals surface area contributed by atoms with Crippen LogP contribution in [0, 0.1) is 5.82 Å². The van der Waals surface area contributed by atoms with E-state index in [1.807, 2.05) is 30.5 Å². The fourth-order valence-electron chi connectivity index (χ4n) is 3.76. The van der Waals surface area contributed by atoms with Gasteiger partial charge in [0.2, 0.25) is 0 Å². The van der Waals surface area contributed by atoms with Gasteiger partial charge >= 0.3 is 0 Å². The van der Waals surface area contributed by atoms with Gasteiger partial charge in [0.05, 0.1) is 5.52 Å². The maximum absolute atomic E-state index is 14.6. The van der Waals surface area contributed by atoms with Crippen LogP contribution in [0.15, 0.2) is 42.6 Å². The minimum Gasteiger partial charge on any atom is -0.341 e. The molecule has 1 aliphatic heterocycles. The molecule has 1 aliphatic rings. The van der Waals surface area contributed by atoms with Crippen LogP contribution in [0.25, 0.3) is 10.9 Å². The molecule has 4 rings (SSSR count). The van der Waals surface area contributed by atoms with E-state index in [-0.39, 0.29) is 5.82 Å². The molecule has 3 aromatic rings. The van der Waals surface area contributed by atoms with Crippen LogP contribution in [0.4, 0.5) is 4.39 Å². The number of hydrogen-bond donors (Lipinski definition) is 0. The van der Waals surface area contributed by atoms with Crippen LogP contribution >= 0.6 is 0 Å². The molecule has 0 radical (unpaired) electrons. The zero-order chi connectivity index (χ0) is 16.7. The van der Waals surface area contributed by atoms with E-state index in [9.17, 15) is 4.39 Å². The van der Waals surface area contributed by atoms with E-state index in [0.29, 0.717) is 6.04 Å². The molecule has 24 heavy (non-hydrogen) atoms. The minimum absolute atomic E-state index is 0.127. The van der Waals surface area contributed by atoms with Crippen molar-refractivity contribution < 1.29 is 4.39 Å². The molecular weight excluding hydrogens is 301 g/mol. The smallest absolute Gasteiger partial charge is 0.147 e. The number of aromatic nitrogens is 2. The van der Waals surface area contributed by atoms with Gasteiger partial charge in [0.1, 0.15) is 5.82 Å². The monoisotopic (exact) mass is 323 g/mol. The van der Waals surface area contributed by atoms with Crippen LogP contribution in [0.5, 0.6) is 0 Å². The van der Waals surface area contributed by atoms with Crippen LogP contribution in [0.3, 0.4) is 0 Å². The van der Waals surface area contributed by atoms with Crippen molar-refractivity contribution in [1.29, 1.82) is 0 Å². The Labute approximate surface area is 141 Å². The summed E-state index contributed by atoms with van der Waals surface area (Å²) in [6.07, 6.45) is 3.59. The first-order valence-electron chi connectivity index (χ1n) is 8.53. The molecule has 3 heterocycles. The summed E-state index contributed by atoms with van der Waals surface area (Å²) in [7, 11) is 2.14. The Kier molecular flexibility index (Phi) is 3.85. The van der Waals surface area contributed by atoms with Crippen LogP contribution < -0.4 is 0 Å². The van der Waals surface area contributed by atoms with Crippen LogP contribution in [-0.4, -0.2) is 27.5 Å². The second-order valence-corrected chi connectivity index (χ2v) is 6.75. The number of para-hydroxylation sites is 1. The molecule has 0 bridgehead atoms. The normalized spacial score (nSPS) is 18.0. The summed E-state index contributed by atoms with van der Waals surface area (Å²) in [4.78, 5) is 6.75. The molecule has 3 nitrogen and oxygen atoms in total. The average molecular weight is 323 g/mol. The van der Waals surface area contributed by atoms with E-state index >= 15 is 0 Å². The van der Waals surface area contributed by atoms with Gasteiger partial charge in [-0.3, -0.25) is 9.88 Å². The Hall–Kier alpha value is -2.20. The van der Waals surface area contributed by atoms with E-state index in [2.05, 4.69) is 34.5 Å². The van der Waals surface area contributed by atoms with Gasteiger partial charge in [-0.15, -0.1) is 0 Å². The van der Waals surface area contributed by atoms with E-state index in [0.717, 1.165) is 42.5 Å². The predicted molar refractivity (Wildman–Crippen MR) is 94.5 cm³/mol.